The first-order valence-electron chi connectivity index (χ1n) is 11.5. The molecule has 4 aliphatic carbocycles. The lowest BCUT2D eigenvalue weighted by molar-refractivity contribution is -0.131. The Morgan fingerprint density at radius 3 is 2.62 bits per heavy atom. The molecule has 7 nitrogen and oxygen atoms in total. The third-order valence-electron chi connectivity index (χ3n) is 7.86. The first kappa shape index (κ1) is 22.1. The zero-order valence-electron chi connectivity index (χ0n) is 18.0. The fraction of sp³-hybridized carbons (Fsp3) is 0.652. The number of carbonyl (C=O) groups excluding carboxylic acids is 1. The number of hydrogen-bond donors (Lipinski definition) is 2. The summed E-state index contributed by atoms with van der Waals surface area (Å²) in [5, 5.41) is 13.2. The van der Waals surface area contributed by atoms with Gasteiger partial charge in [0.1, 0.15) is 6.04 Å². The fourth-order valence-electron chi connectivity index (χ4n) is 7.13. The number of nitrogens with zero attached hydrogens (tertiary/aromatic N) is 2. The summed E-state index contributed by atoms with van der Waals surface area (Å²) in [4.78, 5) is 14.7. The van der Waals surface area contributed by atoms with Crippen molar-refractivity contribution in [2.45, 2.75) is 73.4 Å². The molecule has 6 rings (SSSR count). The maximum absolute atomic E-state index is 13.2. The highest BCUT2D eigenvalue weighted by molar-refractivity contribution is 7.89. The number of benzene rings is 1. The van der Waals surface area contributed by atoms with Gasteiger partial charge < -0.3 is 10.2 Å². The van der Waals surface area contributed by atoms with Gasteiger partial charge in [0.2, 0.25) is 15.9 Å². The maximum Gasteiger partial charge on any atom is 0.241 e. The van der Waals surface area contributed by atoms with Gasteiger partial charge in [0.25, 0.3) is 0 Å². The minimum atomic E-state index is -3.70. The molecule has 1 heterocycles. The Kier molecular flexibility index (Phi) is 5.52. The molecule has 0 radical (unpaired) electrons. The summed E-state index contributed by atoms with van der Waals surface area (Å²) < 4.78 is 29.5. The van der Waals surface area contributed by atoms with E-state index in [9.17, 15) is 18.5 Å². The lowest BCUT2D eigenvalue weighted by Gasteiger charge is -2.62. The molecule has 9 heteroatoms. The molecule has 172 valence electrons. The summed E-state index contributed by atoms with van der Waals surface area (Å²) in [6.07, 6.45) is 7.03. The van der Waals surface area contributed by atoms with E-state index < -0.39 is 15.6 Å². The van der Waals surface area contributed by atoms with Crippen LogP contribution >= 0.6 is 11.6 Å². The predicted octanol–water partition coefficient (Wildman–Crippen LogP) is 2.81. The average Bonchev–Trinajstić information content (AvgIpc) is 3.19. The summed E-state index contributed by atoms with van der Waals surface area (Å²) in [6.45, 7) is 0.842. The molecule has 1 aliphatic heterocycles. The first-order valence-corrected chi connectivity index (χ1v) is 13.3. The molecule has 2 N–H and O–H groups in total. The second-order valence-electron chi connectivity index (χ2n) is 10.3. The first-order chi connectivity index (χ1) is 15.2. The SMILES string of the molecule is N#C[C@H]1CCCN1C(=O)CNC12CC3CC(C1)CC(NS(=O)(=O)c1cccc(Cl)c1)(C3)C2. The number of carbonyl (C=O) groups is 1. The summed E-state index contributed by atoms with van der Waals surface area (Å²) in [5.74, 6) is 0.859. The Morgan fingerprint density at radius 2 is 1.94 bits per heavy atom. The van der Waals surface area contributed by atoms with Gasteiger partial charge in [0, 0.05) is 22.6 Å². The zero-order chi connectivity index (χ0) is 22.6. The highest BCUT2D eigenvalue weighted by atomic mass is 35.5. The number of sulfonamides is 1. The molecular formula is C23H29ClN4O3S. The van der Waals surface area contributed by atoms with E-state index in [0.717, 1.165) is 44.9 Å². The molecule has 3 atom stereocenters. The molecule has 2 unspecified atom stereocenters. The van der Waals surface area contributed by atoms with Crippen LogP contribution in [0.25, 0.3) is 0 Å². The van der Waals surface area contributed by atoms with Crippen LogP contribution in [0.2, 0.25) is 5.02 Å². The Hall–Kier alpha value is -1.66. The quantitative estimate of drug-likeness (QED) is 0.657. The van der Waals surface area contributed by atoms with Gasteiger partial charge >= 0.3 is 0 Å². The largest absolute Gasteiger partial charge is 0.326 e. The van der Waals surface area contributed by atoms with Crippen LogP contribution in [0.15, 0.2) is 29.2 Å². The van der Waals surface area contributed by atoms with Gasteiger partial charge in [-0.3, -0.25) is 4.79 Å². The van der Waals surface area contributed by atoms with Gasteiger partial charge in [-0.1, -0.05) is 17.7 Å². The molecule has 1 saturated heterocycles. The van der Waals surface area contributed by atoms with Crippen molar-refractivity contribution in [1.29, 1.82) is 5.26 Å². The molecule has 4 bridgehead atoms. The molecule has 4 saturated carbocycles. The van der Waals surface area contributed by atoms with Crippen molar-refractivity contribution in [2.75, 3.05) is 13.1 Å². The fourth-order valence-corrected chi connectivity index (χ4v) is 8.85. The predicted molar refractivity (Wildman–Crippen MR) is 120 cm³/mol. The maximum atomic E-state index is 13.2. The monoisotopic (exact) mass is 476 g/mol. The Morgan fingerprint density at radius 1 is 1.22 bits per heavy atom. The van der Waals surface area contributed by atoms with Crippen molar-refractivity contribution >= 4 is 27.5 Å². The van der Waals surface area contributed by atoms with Crippen molar-refractivity contribution in [3.8, 4) is 6.07 Å². The molecule has 0 aromatic heterocycles. The number of halogens is 1. The third-order valence-corrected chi connectivity index (χ3v) is 9.67. The molecule has 5 fully saturated rings. The summed E-state index contributed by atoms with van der Waals surface area (Å²) >= 11 is 6.04. The number of nitrogens with one attached hydrogen (secondary N) is 2. The van der Waals surface area contributed by atoms with Crippen molar-refractivity contribution in [3.05, 3.63) is 29.3 Å². The van der Waals surface area contributed by atoms with Gasteiger partial charge in [-0.25, -0.2) is 13.1 Å². The lowest BCUT2D eigenvalue weighted by atomic mass is 9.50. The molecule has 5 aliphatic rings. The molecule has 1 aromatic rings. The van der Waals surface area contributed by atoms with Crippen LogP contribution in [0.5, 0.6) is 0 Å². The molecule has 1 amide bonds. The summed E-state index contributed by atoms with van der Waals surface area (Å²) in [6, 6.07) is 8.28. The van der Waals surface area contributed by atoms with Crippen LogP contribution in [0, 0.1) is 23.2 Å². The molecular weight excluding hydrogens is 448 g/mol. The Balaban J connectivity index is 1.33. The minimum Gasteiger partial charge on any atom is -0.326 e. The zero-order valence-corrected chi connectivity index (χ0v) is 19.6. The average molecular weight is 477 g/mol. The van der Waals surface area contributed by atoms with Gasteiger partial charge in [0.05, 0.1) is 17.5 Å². The lowest BCUT2D eigenvalue weighted by Crippen LogP contribution is -2.69. The van der Waals surface area contributed by atoms with E-state index >= 15 is 0 Å². The van der Waals surface area contributed by atoms with E-state index in [1.807, 2.05) is 0 Å². The number of hydrogen-bond acceptors (Lipinski definition) is 5. The number of likely N-dealkylation sites (tertiary alicyclic amines) is 1. The highest BCUT2D eigenvalue weighted by Gasteiger charge is 2.58. The van der Waals surface area contributed by atoms with Gasteiger partial charge in [-0.15, -0.1) is 0 Å². The van der Waals surface area contributed by atoms with Crippen LogP contribution in [-0.2, 0) is 14.8 Å². The molecule has 1 aromatic carbocycles. The Bertz CT molecular complexity index is 1060. The van der Waals surface area contributed by atoms with Crippen LogP contribution in [0.3, 0.4) is 0 Å². The minimum absolute atomic E-state index is 0.0293. The summed E-state index contributed by atoms with van der Waals surface area (Å²) in [5.41, 5.74) is -0.734. The second-order valence-corrected chi connectivity index (χ2v) is 12.4. The van der Waals surface area contributed by atoms with E-state index in [2.05, 4.69) is 16.1 Å². The second kappa shape index (κ2) is 7.98. The van der Waals surface area contributed by atoms with Crippen LogP contribution in [0.4, 0.5) is 0 Å². The number of amides is 1. The highest BCUT2D eigenvalue weighted by Crippen LogP contribution is 2.57. The van der Waals surface area contributed by atoms with E-state index in [4.69, 9.17) is 11.6 Å². The topological polar surface area (TPSA) is 102 Å². The smallest absolute Gasteiger partial charge is 0.241 e. The van der Waals surface area contributed by atoms with E-state index in [1.165, 1.54) is 6.07 Å². The van der Waals surface area contributed by atoms with E-state index in [0.29, 0.717) is 29.8 Å². The van der Waals surface area contributed by atoms with E-state index in [1.54, 1.807) is 23.1 Å². The number of rotatable bonds is 6. The van der Waals surface area contributed by atoms with Crippen molar-refractivity contribution < 1.29 is 13.2 Å². The van der Waals surface area contributed by atoms with Gasteiger partial charge in [-0.05, 0) is 81.4 Å². The van der Waals surface area contributed by atoms with Crippen molar-refractivity contribution in [2.24, 2.45) is 11.8 Å². The normalized spacial score (nSPS) is 35.8. The van der Waals surface area contributed by atoms with Crippen LogP contribution in [0.1, 0.15) is 51.4 Å². The van der Waals surface area contributed by atoms with E-state index in [-0.39, 0.29) is 28.9 Å². The van der Waals surface area contributed by atoms with Crippen molar-refractivity contribution in [3.63, 3.8) is 0 Å². The van der Waals surface area contributed by atoms with Gasteiger partial charge in [-0.2, -0.15) is 5.26 Å². The molecule has 32 heavy (non-hydrogen) atoms. The Labute approximate surface area is 194 Å². The summed E-state index contributed by atoms with van der Waals surface area (Å²) in [7, 11) is -3.70. The van der Waals surface area contributed by atoms with Gasteiger partial charge in [0.15, 0.2) is 0 Å². The van der Waals surface area contributed by atoms with Crippen LogP contribution < -0.4 is 10.0 Å². The van der Waals surface area contributed by atoms with Crippen LogP contribution in [-0.4, -0.2) is 49.4 Å². The van der Waals surface area contributed by atoms with Crippen molar-refractivity contribution in [1.82, 2.24) is 14.9 Å². The molecule has 0 spiro atoms. The standard InChI is InChI=1S/C23H29ClN4O3S/c24-18-3-1-5-20(8-18)32(30,31)27-23-11-16-7-17(12-23)10-22(9-16,15-23)26-14-21(29)28-6-2-4-19(28)13-25/h1,3,5,8,16-17,19,26-27H,2,4,6-7,9-12,14-15H2/t16?,17?,19-,22?,23?/m1/s1. The third kappa shape index (κ3) is 4.05. The number of nitriles is 1.